The minimum absolute atomic E-state index is 0.194. The molecule has 5 nitrogen and oxygen atoms in total. The molecule has 166 valence electrons. The zero-order valence-corrected chi connectivity index (χ0v) is 18.6. The average molecular weight is 413 g/mol. The lowest BCUT2D eigenvalue weighted by atomic mass is 9.92. The summed E-state index contributed by atoms with van der Waals surface area (Å²) >= 11 is 0. The first-order valence-electron chi connectivity index (χ1n) is 12.4. The van der Waals surface area contributed by atoms with E-state index in [0.717, 1.165) is 32.6 Å². The van der Waals surface area contributed by atoms with Crippen LogP contribution < -0.4 is 5.32 Å². The lowest BCUT2D eigenvalue weighted by Gasteiger charge is -2.42. The zero-order valence-electron chi connectivity index (χ0n) is 18.6. The Morgan fingerprint density at radius 1 is 0.900 bits per heavy atom. The van der Waals surface area contributed by atoms with Gasteiger partial charge >= 0.3 is 0 Å². The Hall–Kier alpha value is -1.46. The fourth-order valence-electron chi connectivity index (χ4n) is 5.66. The Morgan fingerprint density at radius 2 is 1.60 bits per heavy atom. The largest absolute Gasteiger partial charge is 0.353 e. The number of piperidine rings is 2. The third-order valence-corrected chi connectivity index (χ3v) is 7.50. The lowest BCUT2D eigenvalue weighted by Crippen LogP contribution is -2.51. The monoisotopic (exact) mass is 412 g/mol. The van der Waals surface area contributed by atoms with Crippen LogP contribution in [0.25, 0.3) is 0 Å². The Balaban J connectivity index is 1.22. The van der Waals surface area contributed by atoms with Crippen molar-refractivity contribution in [1.82, 2.24) is 20.1 Å². The number of nitrogens with one attached hydrogen (secondary N) is 1. The first kappa shape index (κ1) is 21.8. The predicted octanol–water partition coefficient (Wildman–Crippen LogP) is 3.99. The highest BCUT2D eigenvalue weighted by Crippen LogP contribution is 2.25. The van der Waals surface area contributed by atoms with Gasteiger partial charge in [-0.15, -0.1) is 0 Å². The minimum atomic E-state index is 0.194. The quantitative estimate of drug-likeness (QED) is 0.794. The van der Waals surface area contributed by atoms with Crippen molar-refractivity contribution in [1.29, 1.82) is 0 Å². The van der Waals surface area contributed by atoms with Gasteiger partial charge in [0, 0.05) is 37.6 Å². The SMILES string of the molecule is O=C(NC1CCCCCCC1)[C@H]1CCCN(C2CCN(Cc3ccncc3)CC2)C1. The second kappa shape index (κ2) is 11.2. The Labute approximate surface area is 182 Å². The summed E-state index contributed by atoms with van der Waals surface area (Å²) in [5, 5.41) is 3.44. The number of aromatic nitrogens is 1. The summed E-state index contributed by atoms with van der Waals surface area (Å²) in [6.45, 7) is 5.47. The molecule has 1 amide bonds. The molecule has 1 atom stereocenters. The van der Waals surface area contributed by atoms with Gasteiger partial charge in [0.15, 0.2) is 0 Å². The third kappa shape index (κ3) is 6.27. The summed E-state index contributed by atoms with van der Waals surface area (Å²) < 4.78 is 0. The third-order valence-electron chi connectivity index (χ3n) is 7.50. The Kier molecular flexibility index (Phi) is 8.15. The molecule has 2 saturated heterocycles. The first-order valence-corrected chi connectivity index (χ1v) is 12.4. The molecule has 0 bridgehead atoms. The number of pyridine rings is 1. The van der Waals surface area contributed by atoms with Gasteiger partial charge in [0.05, 0.1) is 5.92 Å². The molecule has 3 fully saturated rings. The van der Waals surface area contributed by atoms with Gasteiger partial charge in [0.25, 0.3) is 0 Å². The van der Waals surface area contributed by atoms with E-state index in [1.165, 1.54) is 76.3 Å². The number of likely N-dealkylation sites (tertiary alicyclic amines) is 2. The molecule has 0 spiro atoms. The van der Waals surface area contributed by atoms with Crippen molar-refractivity contribution in [2.45, 2.75) is 89.3 Å². The molecule has 4 rings (SSSR count). The molecule has 0 radical (unpaired) electrons. The number of amides is 1. The highest BCUT2D eigenvalue weighted by atomic mass is 16.2. The molecule has 3 aliphatic rings. The maximum absolute atomic E-state index is 13.0. The van der Waals surface area contributed by atoms with Crippen molar-refractivity contribution >= 4 is 5.91 Å². The van der Waals surface area contributed by atoms with Gasteiger partial charge in [0.1, 0.15) is 0 Å². The molecule has 1 aromatic heterocycles. The smallest absolute Gasteiger partial charge is 0.224 e. The van der Waals surface area contributed by atoms with Crippen LogP contribution in [0, 0.1) is 5.92 Å². The van der Waals surface area contributed by atoms with E-state index in [2.05, 4.69) is 32.2 Å². The second-order valence-corrected chi connectivity index (χ2v) is 9.75. The van der Waals surface area contributed by atoms with Crippen LogP contribution in [0.1, 0.15) is 76.2 Å². The summed E-state index contributed by atoms with van der Waals surface area (Å²) in [5.41, 5.74) is 1.35. The minimum Gasteiger partial charge on any atom is -0.353 e. The molecule has 3 heterocycles. The lowest BCUT2D eigenvalue weighted by molar-refractivity contribution is -0.128. The normalized spacial score (nSPS) is 26.1. The van der Waals surface area contributed by atoms with Gasteiger partial charge in [-0.05, 0) is 75.9 Å². The number of hydrogen-bond acceptors (Lipinski definition) is 4. The van der Waals surface area contributed by atoms with Crippen LogP contribution in [0.3, 0.4) is 0 Å². The van der Waals surface area contributed by atoms with Crippen LogP contribution in [0.5, 0.6) is 0 Å². The fraction of sp³-hybridized carbons (Fsp3) is 0.760. The van der Waals surface area contributed by atoms with E-state index >= 15 is 0 Å². The van der Waals surface area contributed by atoms with Gasteiger partial charge in [-0.25, -0.2) is 0 Å². The number of carbonyl (C=O) groups is 1. The predicted molar refractivity (Wildman–Crippen MR) is 121 cm³/mol. The maximum Gasteiger partial charge on any atom is 0.224 e. The number of carbonyl (C=O) groups excluding carboxylic acids is 1. The molecular formula is C25H40N4O. The number of hydrogen-bond donors (Lipinski definition) is 1. The fourth-order valence-corrected chi connectivity index (χ4v) is 5.66. The van der Waals surface area contributed by atoms with E-state index < -0.39 is 0 Å². The molecule has 1 aliphatic carbocycles. The van der Waals surface area contributed by atoms with E-state index in [4.69, 9.17) is 0 Å². The van der Waals surface area contributed by atoms with Crippen LogP contribution in [-0.4, -0.2) is 59.0 Å². The Morgan fingerprint density at radius 3 is 2.33 bits per heavy atom. The highest BCUT2D eigenvalue weighted by Gasteiger charge is 2.32. The van der Waals surface area contributed by atoms with E-state index in [1.807, 2.05) is 12.4 Å². The van der Waals surface area contributed by atoms with Crippen molar-refractivity contribution in [2.75, 3.05) is 26.2 Å². The van der Waals surface area contributed by atoms with E-state index in [9.17, 15) is 4.79 Å². The average Bonchev–Trinajstić information content (AvgIpc) is 2.77. The number of rotatable bonds is 5. The van der Waals surface area contributed by atoms with Gasteiger partial charge in [-0.1, -0.05) is 32.1 Å². The molecule has 1 aromatic rings. The molecular weight excluding hydrogens is 372 g/mol. The topological polar surface area (TPSA) is 48.5 Å². The van der Waals surface area contributed by atoms with Crippen molar-refractivity contribution < 1.29 is 4.79 Å². The van der Waals surface area contributed by atoms with Crippen LogP contribution in [0.2, 0.25) is 0 Å². The van der Waals surface area contributed by atoms with Gasteiger partial charge in [-0.2, -0.15) is 0 Å². The molecule has 0 unspecified atom stereocenters. The summed E-state index contributed by atoms with van der Waals surface area (Å²) in [5.74, 6) is 0.527. The van der Waals surface area contributed by atoms with Gasteiger partial charge < -0.3 is 5.32 Å². The molecule has 5 heteroatoms. The molecule has 0 aromatic carbocycles. The summed E-state index contributed by atoms with van der Waals surface area (Å²) in [6.07, 6.45) is 17.4. The van der Waals surface area contributed by atoms with Crippen molar-refractivity contribution in [3.63, 3.8) is 0 Å². The molecule has 1 saturated carbocycles. The van der Waals surface area contributed by atoms with Crippen molar-refractivity contribution in [2.24, 2.45) is 5.92 Å². The highest BCUT2D eigenvalue weighted by molar-refractivity contribution is 5.79. The van der Waals surface area contributed by atoms with Crippen LogP contribution in [0.4, 0.5) is 0 Å². The van der Waals surface area contributed by atoms with Crippen LogP contribution in [0.15, 0.2) is 24.5 Å². The maximum atomic E-state index is 13.0. The summed E-state index contributed by atoms with van der Waals surface area (Å²) in [6, 6.07) is 5.31. The van der Waals surface area contributed by atoms with Gasteiger partial charge in [0.2, 0.25) is 5.91 Å². The van der Waals surface area contributed by atoms with Crippen LogP contribution >= 0.6 is 0 Å². The molecule has 2 aliphatic heterocycles. The Bertz CT molecular complexity index is 636. The first-order chi connectivity index (χ1) is 14.8. The van der Waals surface area contributed by atoms with Crippen molar-refractivity contribution in [3.8, 4) is 0 Å². The van der Waals surface area contributed by atoms with Crippen LogP contribution in [-0.2, 0) is 11.3 Å². The molecule has 1 N–H and O–H groups in total. The zero-order chi connectivity index (χ0) is 20.6. The van der Waals surface area contributed by atoms with Gasteiger partial charge in [-0.3, -0.25) is 19.6 Å². The van der Waals surface area contributed by atoms with E-state index in [0.29, 0.717) is 18.0 Å². The van der Waals surface area contributed by atoms with Crippen molar-refractivity contribution in [3.05, 3.63) is 30.1 Å². The summed E-state index contributed by atoms with van der Waals surface area (Å²) in [7, 11) is 0. The standard InChI is InChI=1S/C25H40N4O/c30-25(27-23-8-4-2-1-3-5-9-23)22-7-6-16-29(20-22)24-12-17-28(18-13-24)19-21-10-14-26-15-11-21/h10-11,14-15,22-24H,1-9,12-13,16-20H2,(H,27,30)/t22-/m0/s1. The van der Waals surface area contributed by atoms with E-state index in [1.54, 1.807) is 0 Å². The second-order valence-electron chi connectivity index (χ2n) is 9.75. The number of nitrogens with zero attached hydrogens (tertiary/aromatic N) is 3. The summed E-state index contributed by atoms with van der Waals surface area (Å²) in [4.78, 5) is 22.3. The molecule has 30 heavy (non-hydrogen) atoms. The van der Waals surface area contributed by atoms with E-state index in [-0.39, 0.29) is 5.92 Å².